The van der Waals surface area contributed by atoms with E-state index in [-0.39, 0.29) is 12.2 Å². The number of aromatic hydroxyl groups is 1. The summed E-state index contributed by atoms with van der Waals surface area (Å²) in [6.07, 6.45) is 1.38. The summed E-state index contributed by atoms with van der Waals surface area (Å²) in [6.45, 7) is 0. The van der Waals surface area contributed by atoms with Crippen molar-refractivity contribution in [2.24, 2.45) is 5.73 Å². The fourth-order valence-electron chi connectivity index (χ4n) is 1.99. The van der Waals surface area contributed by atoms with E-state index in [1.54, 1.807) is 12.1 Å². The van der Waals surface area contributed by atoms with E-state index >= 15 is 0 Å². The van der Waals surface area contributed by atoms with Gasteiger partial charge in [-0.15, -0.1) is 0 Å². The number of phenols is 1. The molecule has 0 fully saturated rings. The largest absolute Gasteiger partial charge is 0.508 e. The topological polar surface area (TPSA) is 83.6 Å². The Bertz CT molecular complexity index is 416. The summed E-state index contributed by atoms with van der Waals surface area (Å²) in [5, 5.41) is 18.3. The summed E-state index contributed by atoms with van der Waals surface area (Å²) in [5.74, 6) is -0.820. The number of carbonyl (C=O) groups is 1. The molecule has 4 heteroatoms. The maximum absolute atomic E-state index is 11.0. The molecule has 1 atom stereocenters. The quantitative estimate of drug-likeness (QED) is 0.631. The third-order valence-corrected chi connectivity index (χ3v) is 2.96. The first-order valence-corrected chi connectivity index (χ1v) is 4.84. The van der Waals surface area contributed by atoms with E-state index in [2.05, 4.69) is 0 Å². The second-order valence-corrected chi connectivity index (χ2v) is 4.09. The van der Waals surface area contributed by atoms with Crippen molar-refractivity contribution in [1.82, 2.24) is 0 Å². The number of aliphatic carboxylic acids is 1. The average Bonchev–Trinajstić information content (AvgIpc) is 2.16. The van der Waals surface area contributed by atoms with Crippen LogP contribution in [-0.2, 0) is 17.6 Å². The minimum Gasteiger partial charge on any atom is -0.508 e. The van der Waals surface area contributed by atoms with E-state index in [9.17, 15) is 9.90 Å². The van der Waals surface area contributed by atoms with Crippen molar-refractivity contribution in [3.8, 4) is 5.75 Å². The second-order valence-electron chi connectivity index (χ2n) is 4.09. The average molecular weight is 207 g/mol. The molecule has 0 saturated heterocycles. The van der Waals surface area contributed by atoms with Gasteiger partial charge < -0.3 is 15.9 Å². The van der Waals surface area contributed by atoms with Gasteiger partial charge in [-0.25, -0.2) is 0 Å². The minimum absolute atomic E-state index is 0.156. The van der Waals surface area contributed by atoms with Gasteiger partial charge in [0.2, 0.25) is 0 Å². The van der Waals surface area contributed by atoms with Crippen LogP contribution >= 0.6 is 0 Å². The molecule has 0 unspecified atom stereocenters. The highest BCUT2D eigenvalue weighted by Gasteiger charge is 2.37. The maximum atomic E-state index is 11.0. The van der Waals surface area contributed by atoms with Gasteiger partial charge in [0.25, 0.3) is 0 Å². The molecule has 1 aliphatic carbocycles. The number of aryl methyl sites for hydroxylation is 1. The number of hydrogen-bond donors (Lipinski definition) is 3. The van der Waals surface area contributed by atoms with Gasteiger partial charge in [0.1, 0.15) is 11.3 Å². The first-order valence-electron chi connectivity index (χ1n) is 4.84. The normalized spacial score (nSPS) is 24.6. The van der Waals surface area contributed by atoms with Crippen LogP contribution < -0.4 is 5.73 Å². The summed E-state index contributed by atoms with van der Waals surface area (Å²) >= 11 is 0. The Kier molecular flexibility index (Phi) is 2.16. The standard InChI is InChI=1S/C11H13NO3/c12-11(10(14)15)4-3-7-1-2-9(13)5-8(7)6-11/h1-2,5,13H,3-4,6,12H2,(H,14,15)/t11-/m0/s1. The molecular formula is C11H13NO3. The fourth-order valence-corrected chi connectivity index (χ4v) is 1.99. The summed E-state index contributed by atoms with van der Waals surface area (Å²) in [6, 6.07) is 5.04. The van der Waals surface area contributed by atoms with Crippen LogP contribution in [0.3, 0.4) is 0 Å². The molecule has 15 heavy (non-hydrogen) atoms. The van der Waals surface area contributed by atoms with E-state index in [0.29, 0.717) is 12.8 Å². The maximum Gasteiger partial charge on any atom is 0.324 e. The van der Waals surface area contributed by atoms with E-state index in [0.717, 1.165) is 11.1 Å². The molecule has 1 aromatic carbocycles. The van der Waals surface area contributed by atoms with Gasteiger partial charge in [-0.1, -0.05) is 6.07 Å². The van der Waals surface area contributed by atoms with Crippen LogP contribution in [0, 0.1) is 0 Å². The molecule has 0 aromatic heterocycles. The van der Waals surface area contributed by atoms with Gasteiger partial charge >= 0.3 is 5.97 Å². The molecule has 1 aromatic rings. The van der Waals surface area contributed by atoms with Crippen molar-refractivity contribution in [3.63, 3.8) is 0 Å². The van der Waals surface area contributed by atoms with Crippen LogP contribution in [0.4, 0.5) is 0 Å². The summed E-state index contributed by atoms with van der Waals surface area (Å²) in [7, 11) is 0. The number of phenolic OH excluding ortho intramolecular Hbond substituents is 1. The molecule has 0 bridgehead atoms. The molecule has 0 saturated carbocycles. The molecule has 0 heterocycles. The third-order valence-electron chi connectivity index (χ3n) is 2.96. The predicted molar refractivity (Wildman–Crippen MR) is 54.7 cm³/mol. The van der Waals surface area contributed by atoms with Gasteiger partial charge in [-0.05, 0) is 36.1 Å². The fraction of sp³-hybridized carbons (Fsp3) is 0.364. The van der Waals surface area contributed by atoms with Crippen LogP contribution in [0.1, 0.15) is 17.5 Å². The van der Waals surface area contributed by atoms with Gasteiger partial charge in [-0.2, -0.15) is 0 Å². The van der Waals surface area contributed by atoms with Gasteiger partial charge in [0, 0.05) is 6.42 Å². The van der Waals surface area contributed by atoms with Crippen molar-refractivity contribution < 1.29 is 15.0 Å². The number of fused-ring (bicyclic) bond motifs is 1. The monoisotopic (exact) mass is 207 g/mol. The molecule has 0 amide bonds. The van der Waals surface area contributed by atoms with Crippen LogP contribution in [0.5, 0.6) is 5.75 Å². The Labute approximate surface area is 87.3 Å². The number of hydrogen-bond acceptors (Lipinski definition) is 3. The molecule has 1 aliphatic rings. The lowest BCUT2D eigenvalue weighted by molar-refractivity contribution is -0.143. The number of nitrogens with two attached hydrogens (primary N) is 1. The van der Waals surface area contributed by atoms with Crippen molar-refractivity contribution >= 4 is 5.97 Å². The van der Waals surface area contributed by atoms with Crippen molar-refractivity contribution in [1.29, 1.82) is 0 Å². The predicted octanol–water partition coefficient (Wildman–Crippen LogP) is 0.663. The van der Waals surface area contributed by atoms with Gasteiger partial charge in [0.15, 0.2) is 0 Å². The molecule has 4 nitrogen and oxygen atoms in total. The zero-order valence-corrected chi connectivity index (χ0v) is 8.23. The Morgan fingerprint density at radius 1 is 1.40 bits per heavy atom. The molecule has 0 radical (unpaired) electrons. The van der Waals surface area contributed by atoms with Gasteiger partial charge in [0.05, 0.1) is 0 Å². The Morgan fingerprint density at radius 3 is 2.80 bits per heavy atom. The summed E-state index contributed by atoms with van der Waals surface area (Å²) in [5.41, 5.74) is 6.52. The van der Waals surface area contributed by atoms with Crippen LogP contribution in [0.15, 0.2) is 18.2 Å². The lowest BCUT2D eigenvalue weighted by Gasteiger charge is -2.30. The number of carboxylic acid groups (broad SMARTS) is 1. The molecular weight excluding hydrogens is 194 g/mol. The summed E-state index contributed by atoms with van der Waals surface area (Å²) < 4.78 is 0. The van der Waals surface area contributed by atoms with Crippen LogP contribution in [0.2, 0.25) is 0 Å². The molecule has 4 N–H and O–H groups in total. The zero-order chi connectivity index (χ0) is 11.1. The highest BCUT2D eigenvalue weighted by molar-refractivity contribution is 5.79. The Morgan fingerprint density at radius 2 is 2.13 bits per heavy atom. The van der Waals surface area contributed by atoms with E-state index in [1.165, 1.54) is 0 Å². The lowest BCUT2D eigenvalue weighted by atomic mass is 9.78. The minimum atomic E-state index is -1.18. The smallest absolute Gasteiger partial charge is 0.324 e. The molecule has 2 rings (SSSR count). The zero-order valence-electron chi connectivity index (χ0n) is 8.23. The van der Waals surface area contributed by atoms with Crippen LogP contribution in [0.25, 0.3) is 0 Å². The number of rotatable bonds is 1. The first kappa shape index (κ1) is 9.98. The first-order chi connectivity index (χ1) is 7.01. The lowest BCUT2D eigenvalue weighted by Crippen LogP contribution is -2.52. The van der Waals surface area contributed by atoms with Gasteiger partial charge in [-0.3, -0.25) is 4.79 Å². The Balaban J connectivity index is 2.37. The SMILES string of the molecule is N[C@@]1(C(=O)O)CCc2ccc(O)cc2C1. The molecule has 80 valence electrons. The van der Waals surface area contributed by atoms with Crippen molar-refractivity contribution in [2.45, 2.75) is 24.8 Å². The Hall–Kier alpha value is -1.55. The number of benzene rings is 1. The molecule has 0 aliphatic heterocycles. The van der Waals surface area contributed by atoms with E-state index < -0.39 is 11.5 Å². The molecule has 0 spiro atoms. The third kappa shape index (κ3) is 1.68. The van der Waals surface area contributed by atoms with Crippen LogP contribution in [-0.4, -0.2) is 21.7 Å². The number of carboxylic acids is 1. The van der Waals surface area contributed by atoms with E-state index in [4.69, 9.17) is 10.8 Å². The van der Waals surface area contributed by atoms with Crippen molar-refractivity contribution in [2.75, 3.05) is 0 Å². The highest BCUT2D eigenvalue weighted by atomic mass is 16.4. The van der Waals surface area contributed by atoms with Crippen molar-refractivity contribution in [3.05, 3.63) is 29.3 Å². The second kappa shape index (κ2) is 3.24. The van der Waals surface area contributed by atoms with E-state index in [1.807, 2.05) is 6.07 Å². The highest BCUT2D eigenvalue weighted by Crippen LogP contribution is 2.29. The summed E-state index contributed by atoms with van der Waals surface area (Å²) in [4.78, 5) is 11.0.